The second-order valence-corrected chi connectivity index (χ2v) is 7.08. The van der Waals surface area contributed by atoms with Crippen LogP contribution in [0.1, 0.15) is 36.1 Å². The van der Waals surface area contributed by atoms with Crippen molar-refractivity contribution in [3.8, 4) is 0 Å². The maximum Gasteiger partial charge on any atom is 0.0718 e. The maximum atomic E-state index is 5.72. The van der Waals surface area contributed by atoms with Crippen LogP contribution in [0.4, 0.5) is 0 Å². The van der Waals surface area contributed by atoms with E-state index in [9.17, 15) is 0 Å². The van der Waals surface area contributed by atoms with Crippen molar-refractivity contribution in [3.05, 3.63) is 55.3 Å². The van der Waals surface area contributed by atoms with E-state index in [1.807, 2.05) is 0 Å². The standard InChI is InChI=1S/C14H17IN2S/c1-2-4-10-5-3-6-11(7-10)14(17-16)12-8-13(15)18-9-12/h3,5-9,14,17H,2,4,16H2,1H3. The van der Waals surface area contributed by atoms with Gasteiger partial charge in [0.15, 0.2) is 0 Å². The minimum absolute atomic E-state index is 0.0848. The SMILES string of the molecule is CCCc1cccc(C(NN)c2csc(I)c2)c1. The Balaban J connectivity index is 2.29. The molecule has 0 radical (unpaired) electrons. The summed E-state index contributed by atoms with van der Waals surface area (Å²) in [6, 6.07) is 10.9. The molecule has 96 valence electrons. The minimum atomic E-state index is 0.0848. The van der Waals surface area contributed by atoms with Crippen LogP contribution in [-0.4, -0.2) is 0 Å². The Morgan fingerprint density at radius 1 is 1.33 bits per heavy atom. The fraction of sp³-hybridized carbons (Fsp3) is 0.286. The third kappa shape index (κ3) is 3.32. The quantitative estimate of drug-likeness (QED) is 0.475. The number of aryl methyl sites for hydroxylation is 1. The summed E-state index contributed by atoms with van der Waals surface area (Å²) in [5.41, 5.74) is 6.77. The lowest BCUT2D eigenvalue weighted by molar-refractivity contribution is 0.637. The van der Waals surface area contributed by atoms with E-state index in [4.69, 9.17) is 5.84 Å². The second kappa shape index (κ2) is 6.65. The van der Waals surface area contributed by atoms with Gasteiger partial charge in [-0.2, -0.15) is 0 Å². The number of rotatable bonds is 5. The molecule has 0 fully saturated rings. The van der Waals surface area contributed by atoms with E-state index < -0.39 is 0 Å². The number of nitrogens with two attached hydrogens (primary N) is 1. The van der Waals surface area contributed by atoms with E-state index in [0.29, 0.717) is 0 Å². The average Bonchev–Trinajstić information content (AvgIpc) is 2.78. The van der Waals surface area contributed by atoms with Gasteiger partial charge in [0.2, 0.25) is 0 Å². The summed E-state index contributed by atoms with van der Waals surface area (Å²) >= 11 is 4.09. The molecule has 1 unspecified atom stereocenters. The van der Waals surface area contributed by atoms with Crippen LogP contribution in [0.15, 0.2) is 35.7 Å². The zero-order valence-corrected chi connectivity index (χ0v) is 13.3. The number of hydrogen-bond donors (Lipinski definition) is 2. The normalized spacial score (nSPS) is 12.6. The van der Waals surface area contributed by atoms with Gasteiger partial charge in [0.1, 0.15) is 0 Å². The molecular weight excluding hydrogens is 355 g/mol. The van der Waals surface area contributed by atoms with E-state index in [1.165, 1.54) is 26.0 Å². The number of halogens is 1. The molecule has 1 aromatic carbocycles. The first-order chi connectivity index (χ1) is 8.74. The van der Waals surface area contributed by atoms with Crippen molar-refractivity contribution in [1.82, 2.24) is 5.43 Å². The number of nitrogens with one attached hydrogen (secondary N) is 1. The van der Waals surface area contributed by atoms with E-state index >= 15 is 0 Å². The van der Waals surface area contributed by atoms with Crippen LogP contribution >= 0.6 is 33.9 Å². The summed E-state index contributed by atoms with van der Waals surface area (Å²) in [5, 5.41) is 2.17. The van der Waals surface area contributed by atoms with Gasteiger partial charge in [-0.3, -0.25) is 5.84 Å². The highest BCUT2D eigenvalue weighted by molar-refractivity contribution is 14.1. The van der Waals surface area contributed by atoms with Crippen molar-refractivity contribution in [2.75, 3.05) is 0 Å². The predicted octanol–water partition coefficient (Wildman–Crippen LogP) is 3.86. The van der Waals surface area contributed by atoms with Crippen molar-refractivity contribution < 1.29 is 0 Å². The van der Waals surface area contributed by atoms with Crippen LogP contribution in [-0.2, 0) is 6.42 Å². The summed E-state index contributed by atoms with van der Waals surface area (Å²) in [7, 11) is 0. The smallest absolute Gasteiger partial charge is 0.0718 e. The van der Waals surface area contributed by atoms with Gasteiger partial charge in [-0.25, -0.2) is 5.43 Å². The number of hydrogen-bond acceptors (Lipinski definition) is 3. The van der Waals surface area contributed by atoms with Gasteiger partial charge in [-0.05, 0) is 57.1 Å². The summed E-state index contributed by atoms with van der Waals surface area (Å²) in [5.74, 6) is 5.72. The van der Waals surface area contributed by atoms with E-state index in [0.717, 1.165) is 6.42 Å². The highest BCUT2D eigenvalue weighted by Gasteiger charge is 2.14. The van der Waals surface area contributed by atoms with E-state index in [-0.39, 0.29) is 6.04 Å². The molecule has 0 spiro atoms. The Hall–Kier alpha value is -0.430. The fourth-order valence-corrected chi connectivity index (χ4v) is 3.47. The molecular formula is C14H17IN2S. The zero-order valence-electron chi connectivity index (χ0n) is 10.3. The first kappa shape index (κ1) is 14.0. The van der Waals surface area contributed by atoms with Crippen LogP contribution in [0.3, 0.4) is 0 Å². The summed E-state index contributed by atoms with van der Waals surface area (Å²) < 4.78 is 1.28. The molecule has 0 amide bonds. The Morgan fingerprint density at radius 3 is 2.78 bits per heavy atom. The lowest BCUT2D eigenvalue weighted by Gasteiger charge is -2.16. The van der Waals surface area contributed by atoms with E-state index in [1.54, 1.807) is 11.3 Å². The van der Waals surface area contributed by atoms with Crippen molar-refractivity contribution >= 4 is 33.9 Å². The molecule has 1 aromatic heterocycles. The highest BCUT2D eigenvalue weighted by atomic mass is 127. The highest BCUT2D eigenvalue weighted by Crippen LogP contribution is 2.27. The molecule has 0 saturated heterocycles. The number of thiophene rings is 1. The van der Waals surface area contributed by atoms with Gasteiger partial charge in [-0.15, -0.1) is 11.3 Å². The Morgan fingerprint density at radius 2 is 2.17 bits per heavy atom. The maximum absolute atomic E-state index is 5.72. The molecule has 2 nitrogen and oxygen atoms in total. The molecule has 0 bridgehead atoms. The number of benzene rings is 1. The molecule has 1 atom stereocenters. The van der Waals surface area contributed by atoms with Crippen LogP contribution in [0, 0.1) is 2.88 Å². The van der Waals surface area contributed by atoms with Gasteiger partial charge in [0.05, 0.1) is 8.93 Å². The van der Waals surface area contributed by atoms with Crippen molar-refractivity contribution in [2.45, 2.75) is 25.8 Å². The monoisotopic (exact) mass is 372 g/mol. The van der Waals surface area contributed by atoms with Gasteiger partial charge < -0.3 is 0 Å². The Kier molecular flexibility index (Phi) is 5.17. The molecule has 2 aromatic rings. The van der Waals surface area contributed by atoms with Crippen molar-refractivity contribution in [2.24, 2.45) is 5.84 Å². The first-order valence-electron chi connectivity index (χ1n) is 6.03. The van der Waals surface area contributed by atoms with Gasteiger partial charge in [-0.1, -0.05) is 37.6 Å². The van der Waals surface area contributed by atoms with Crippen molar-refractivity contribution in [1.29, 1.82) is 0 Å². The summed E-state index contributed by atoms with van der Waals surface area (Å²) in [6.07, 6.45) is 2.28. The lowest BCUT2D eigenvalue weighted by Crippen LogP contribution is -2.28. The average molecular weight is 372 g/mol. The van der Waals surface area contributed by atoms with Crippen LogP contribution < -0.4 is 11.3 Å². The van der Waals surface area contributed by atoms with Gasteiger partial charge >= 0.3 is 0 Å². The third-order valence-corrected chi connectivity index (χ3v) is 4.72. The van der Waals surface area contributed by atoms with Crippen LogP contribution in [0.2, 0.25) is 0 Å². The van der Waals surface area contributed by atoms with Gasteiger partial charge in [0, 0.05) is 0 Å². The Labute approximate surface area is 126 Å². The lowest BCUT2D eigenvalue weighted by atomic mass is 9.98. The van der Waals surface area contributed by atoms with E-state index in [2.05, 4.69) is 70.7 Å². The van der Waals surface area contributed by atoms with Crippen molar-refractivity contribution in [3.63, 3.8) is 0 Å². The van der Waals surface area contributed by atoms with Gasteiger partial charge in [0.25, 0.3) is 0 Å². The molecule has 0 aliphatic carbocycles. The first-order valence-corrected chi connectivity index (χ1v) is 7.99. The molecule has 2 rings (SSSR count). The Bertz CT molecular complexity index is 510. The summed E-state index contributed by atoms with van der Waals surface area (Å²) in [4.78, 5) is 0. The molecule has 1 heterocycles. The van der Waals surface area contributed by atoms with Crippen LogP contribution in [0.5, 0.6) is 0 Å². The largest absolute Gasteiger partial charge is 0.271 e. The molecule has 3 N–H and O–H groups in total. The number of hydrazine groups is 1. The third-order valence-electron chi connectivity index (χ3n) is 2.91. The molecule has 0 saturated carbocycles. The summed E-state index contributed by atoms with van der Waals surface area (Å²) in [6.45, 7) is 2.20. The zero-order chi connectivity index (χ0) is 13.0. The predicted molar refractivity (Wildman–Crippen MR) is 86.6 cm³/mol. The molecule has 18 heavy (non-hydrogen) atoms. The topological polar surface area (TPSA) is 38.0 Å². The van der Waals surface area contributed by atoms with Crippen LogP contribution in [0.25, 0.3) is 0 Å². The molecule has 0 aliphatic rings. The fourth-order valence-electron chi connectivity index (χ4n) is 2.08. The minimum Gasteiger partial charge on any atom is -0.271 e. The molecule has 4 heteroatoms. The molecule has 0 aliphatic heterocycles. The second-order valence-electron chi connectivity index (χ2n) is 4.28.